The highest BCUT2D eigenvalue weighted by Crippen LogP contribution is 2.38. The molecular weight excluding hydrogens is 352 g/mol. The largest absolute Gasteiger partial charge is 0.489 e. The molecule has 0 unspecified atom stereocenters. The minimum atomic E-state index is -0.268. The molecule has 1 heterocycles. The summed E-state index contributed by atoms with van der Waals surface area (Å²) < 4.78 is 18.4. The van der Waals surface area contributed by atoms with Crippen LogP contribution in [0.3, 0.4) is 0 Å². The van der Waals surface area contributed by atoms with Gasteiger partial charge in [-0.2, -0.15) is 0 Å². The van der Waals surface area contributed by atoms with Crippen molar-refractivity contribution in [2.75, 3.05) is 13.2 Å². The van der Waals surface area contributed by atoms with E-state index in [1.807, 2.05) is 26.0 Å². The van der Waals surface area contributed by atoms with Gasteiger partial charge in [-0.1, -0.05) is 0 Å². The quantitative estimate of drug-likeness (QED) is 0.808. The Kier molecular flexibility index (Phi) is 4.47. The molecule has 2 rings (SSSR count). The highest BCUT2D eigenvalue weighted by atomic mass is 79.9. The lowest BCUT2D eigenvalue weighted by Gasteiger charge is -2.16. The van der Waals surface area contributed by atoms with Gasteiger partial charge in [0.05, 0.1) is 28.3 Å². The summed E-state index contributed by atoms with van der Waals surface area (Å²) in [6, 6.07) is 3.94. The zero-order valence-corrected chi connectivity index (χ0v) is 12.9. The first-order chi connectivity index (χ1) is 8.08. The van der Waals surface area contributed by atoms with Crippen molar-refractivity contribution in [1.29, 1.82) is 0 Å². The van der Waals surface area contributed by atoms with E-state index in [-0.39, 0.29) is 12.4 Å². The third kappa shape index (κ3) is 3.22. The predicted octanol–water partition coefficient (Wildman–Crippen LogP) is 4.04. The highest BCUT2D eigenvalue weighted by Gasteiger charge is 2.21. The van der Waals surface area contributed by atoms with Gasteiger partial charge in [0.2, 0.25) is 0 Å². The van der Waals surface area contributed by atoms with Gasteiger partial charge in [-0.25, -0.2) is 0 Å². The molecule has 1 aliphatic rings. The van der Waals surface area contributed by atoms with Gasteiger partial charge in [-0.3, -0.25) is 0 Å². The molecule has 0 atom stereocenters. The van der Waals surface area contributed by atoms with E-state index >= 15 is 0 Å². The van der Waals surface area contributed by atoms with E-state index in [1.54, 1.807) is 0 Å². The first-order valence-electron chi connectivity index (χ1n) is 5.46. The standard InChI is InChI=1S/C12H14Br2O3/c1-7(2)17-11-9(13)5-8(6-10(11)14)12-15-3-4-16-12/h5-7,12H,3-4H2,1-2H3. The zero-order chi connectivity index (χ0) is 12.4. The Morgan fingerprint density at radius 1 is 1.18 bits per heavy atom. The Morgan fingerprint density at radius 2 is 1.71 bits per heavy atom. The minimum Gasteiger partial charge on any atom is -0.489 e. The van der Waals surface area contributed by atoms with Crippen molar-refractivity contribution in [3.8, 4) is 5.75 Å². The highest BCUT2D eigenvalue weighted by molar-refractivity contribution is 9.11. The van der Waals surface area contributed by atoms with Gasteiger partial charge in [0.1, 0.15) is 5.75 Å². The normalized spacial score (nSPS) is 16.8. The summed E-state index contributed by atoms with van der Waals surface area (Å²) in [5, 5.41) is 0. The van der Waals surface area contributed by atoms with Crippen molar-refractivity contribution in [2.24, 2.45) is 0 Å². The molecule has 3 nitrogen and oxygen atoms in total. The van der Waals surface area contributed by atoms with E-state index in [0.717, 1.165) is 20.3 Å². The van der Waals surface area contributed by atoms with Crippen molar-refractivity contribution in [3.63, 3.8) is 0 Å². The molecule has 0 N–H and O–H groups in total. The lowest BCUT2D eigenvalue weighted by atomic mass is 10.2. The van der Waals surface area contributed by atoms with E-state index in [9.17, 15) is 0 Å². The molecule has 0 bridgehead atoms. The second-order valence-corrected chi connectivity index (χ2v) is 5.76. The van der Waals surface area contributed by atoms with Crippen molar-refractivity contribution in [1.82, 2.24) is 0 Å². The summed E-state index contributed by atoms with van der Waals surface area (Å²) in [5.41, 5.74) is 0.984. The Bertz CT molecular complexity index is 378. The fourth-order valence-corrected chi connectivity index (χ4v) is 3.02. The van der Waals surface area contributed by atoms with Crippen LogP contribution in [0.15, 0.2) is 21.1 Å². The van der Waals surface area contributed by atoms with Crippen molar-refractivity contribution in [3.05, 3.63) is 26.6 Å². The number of rotatable bonds is 3. The fraction of sp³-hybridized carbons (Fsp3) is 0.500. The van der Waals surface area contributed by atoms with Crippen molar-refractivity contribution >= 4 is 31.9 Å². The fourth-order valence-electron chi connectivity index (χ4n) is 1.61. The molecular formula is C12H14Br2O3. The molecule has 0 saturated carbocycles. The van der Waals surface area contributed by atoms with Crippen LogP contribution in [-0.2, 0) is 9.47 Å². The van der Waals surface area contributed by atoms with Gasteiger partial charge in [-0.05, 0) is 57.8 Å². The molecule has 0 aliphatic carbocycles. The van der Waals surface area contributed by atoms with Gasteiger partial charge in [0.25, 0.3) is 0 Å². The van der Waals surface area contributed by atoms with Crippen LogP contribution in [0.2, 0.25) is 0 Å². The molecule has 94 valence electrons. The molecule has 1 aromatic rings. The molecule has 0 radical (unpaired) electrons. The molecule has 1 saturated heterocycles. The Balaban J connectivity index is 2.27. The minimum absolute atomic E-state index is 0.132. The summed E-state index contributed by atoms with van der Waals surface area (Å²) in [6.45, 7) is 5.28. The summed E-state index contributed by atoms with van der Waals surface area (Å²) in [4.78, 5) is 0. The molecule has 17 heavy (non-hydrogen) atoms. The monoisotopic (exact) mass is 364 g/mol. The van der Waals surface area contributed by atoms with Gasteiger partial charge >= 0.3 is 0 Å². The van der Waals surface area contributed by atoms with Crippen molar-refractivity contribution < 1.29 is 14.2 Å². The van der Waals surface area contributed by atoms with Gasteiger partial charge in [0, 0.05) is 5.56 Å². The maximum absolute atomic E-state index is 5.72. The first-order valence-corrected chi connectivity index (χ1v) is 7.05. The predicted molar refractivity (Wildman–Crippen MR) is 72.3 cm³/mol. The summed E-state index contributed by atoms with van der Waals surface area (Å²) in [6.07, 6.45) is -0.136. The van der Waals surface area contributed by atoms with Gasteiger partial charge in [0.15, 0.2) is 6.29 Å². The van der Waals surface area contributed by atoms with Crippen LogP contribution < -0.4 is 4.74 Å². The Labute approximate surface area is 118 Å². The lowest BCUT2D eigenvalue weighted by Crippen LogP contribution is -2.07. The van der Waals surface area contributed by atoms with E-state index in [1.165, 1.54) is 0 Å². The van der Waals surface area contributed by atoms with Crippen LogP contribution in [0.1, 0.15) is 25.7 Å². The zero-order valence-electron chi connectivity index (χ0n) is 9.70. The van der Waals surface area contributed by atoms with Crippen LogP contribution in [0.25, 0.3) is 0 Å². The number of hydrogen-bond acceptors (Lipinski definition) is 3. The molecule has 1 aromatic carbocycles. The second kappa shape index (κ2) is 5.69. The average Bonchev–Trinajstić information content (AvgIpc) is 2.76. The van der Waals surface area contributed by atoms with Crippen LogP contribution in [0, 0.1) is 0 Å². The van der Waals surface area contributed by atoms with Crippen LogP contribution in [-0.4, -0.2) is 19.3 Å². The smallest absolute Gasteiger partial charge is 0.184 e. The van der Waals surface area contributed by atoms with Crippen LogP contribution >= 0.6 is 31.9 Å². The SMILES string of the molecule is CC(C)Oc1c(Br)cc(C2OCCO2)cc1Br. The third-order valence-corrected chi connectivity index (χ3v) is 3.45. The summed E-state index contributed by atoms with van der Waals surface area (Å²) in [5.74, 6) is 0.807. The van der Waals surface area contributed by atoms with Crippen molar-refractivity contribution in [2.45, 2.75) is 26.2 Å². The van der Waals surface area contributed by atoms with Crippen LogP contribution in [0.5, 0.6) is 5.75 Å². The molecule has 5 heteroatoms. The number of benzene rings is 1. The first kappa shape index (κ1) is 13.3. The molecule has 1 aliphatic heterocycles. The third-order valence-electron chi connectivity index (χ3n) is 2.27. The maximum Gasteiger partial charge on any atom is 0.184 e. The van der Waals surface area contributed by atoms with E-state index < -0.39 is 0 Å². The van der Waals surface area contributed by atoms with E-state index in [2.05, 4.69) is 31.9 Å². The van der Waals surface area contributed by atoms with Crippen LogP contribution in [0.4, 0.5) is 0 Å². The molecule has 1 fully saturated rings. The number of hydrogen-bond donors (Lipinski definition) is 0. The lowest BCUT2D eigenvalue weighted by molar-refractivity contribution is -0.0442. The number of ether oxygens (including phenoxy) is 3. The summed E-state index contributed by atoms with van der Waals surface area (Å²) >= 11 is 7.01. The Hall–Kier alpha value is -0.100. The second-order valence-electron chi connectivity index (χ2n) is 4.05. The topological polar surface area (TPSA) is 27.7 Å². The number of halogens is 2. The molecule has 0 spiro atoms. The average molecular weight is 366 g/mol. The molecule has 0 aromatic heterocycles. The van der Waals surface area contributed by atoms with Gasteiger partial charge < -0.3 is 14.2 Å². The maximum atomic E-state index is 5.72. The summed E-state index contributed by atoms with van der Waals surface area (Å²) in [7, 11) is 0. The molecule has 0 amide bonds. The van der Waals surface area contributed by atoms with Gasteiger partial charge in [-0.15, -0.1) is 0 Å². The Morgan fingerprint density at radius 3 is 2.18 bits per heavy atom. The van der Waals surface area contributed by atoms with E-state index in [4.69, 9.17) is 14.2 Å². The van der Waals surface area contributed by atoms with E-state index in [0.29, 0.717) is 13.2 Å².